The molecule has 0 spiro atoms. The maximum atomic E-state index is 5.21. The molecule has 0 aliphatic rings. The molecule has 0 fully saturated rings. The van der Waals surface area contributed by atoms with E-state index < -0.39 is 0 Å². The zero-order chi connectivity index (χ0) is 7.11. The molecule has 9 heavy (non-hydrogen) atoms. The Morgan fingerprint density at radius 2 is 1.78 bits per heavy atom. The predicted molar refractivity (Wildman–Crippen MR) is 40.9 cm³/mol. The summed E-state index contributed by atoms with van der Waals surface area (Å²) in [7, 11) is -0.388. The van der Waals surface area contributed by atoms with E-state index in [1.807, 2.05) is 13.8 Å². The van der Waals surface area contributed by atoms with Crippen LogP contribution in [0.15, 0.2) is 0 Å². The van der Waals surface area contributed by atoms with Crippen molar-refractivity contribution >= 4 is 9.52 Å². The summed E-state index contributed by atoms with van der Waals surface area (Å²) >= 11 is 0. The minimum absolute atomic E-state index is 0.0417. The first-order valence-corrected chi connectivity index (χ1v) is 5.19. The molecule has 0 saturated heterocycles. The highest BCUT2D eigenvalue weighted by atomic mass is 28.2. The number of ether oxygens (including phenoxy) is 2. The normalized spacial score (nSPS) is 12.0. The molecule has 1 radical (unpaired) electrons. The average molecular weight is 147 g/mol. The third-order valence-corrected chi connectivity index (χ3v) is 1.88. The minimum Gasteiger partial charge on any atom is -0.357 e. The SMILES string of the molecule is [CH2][SiH2]C(OCC)OCC. The van der Waals surface area contributed by atoms with Gasteiger partial charge < -0.3 is 9.47 Å². The van der Waals surface area contributed by atoms with Gasteiger partial charge in [-0.1, -0.05) is 6.55 Å². The molecule has 0 atom stereocenters. The fraction of sp³-hybridized carbons (Fsp3) is 0.833. The molecule has 0 aromatic rings. The van der Waals surface area contributed by atoms with Gasteiger partial charge in [0.2, 0.25) is 0 Å². The third-order valence-electron chi connectivity index (χ3n) is 0.941. The van der Waals surface area contributed by atoms with Crippen LogP contribution in [0.3, 0.4) is 0 Å². The number of hydrogen-bond acceptors (Lipinski definition) is 2. The second kappa shape index (κ2) is 6.26. The molecule has 0 amide bonds. The van der Waals surface area contributed by atoms with E-state index in [0.717, 1.165) is 13.2 Å². The summed E-state index contributed by atoms with van der Waals surface area (Å²) in [5.74, 6) is 0.0417. The van der Waals surface area contributed by atoms with Gasteiger partial charge in [0.15, 0.2) is 0 Å². The van der Waals surface area contributed by atoms with Crippen molar-refractivity contribution in [2.45, 2.75) is 19.8 Å². The van der Waals surface area contributed by atoms with Crippen LogP contribution in [0.2, 0.25) is 0 Å². The van der Waals surface area contributed by atoms with Crippen LogP contribution in [0.1, 0.15) is 13.8 Å². The van der Waals surface area contributed by atoms with E-state index in [2.05, 4.69) is 6.55 Å². The van der Waals surface area contributed by atoms with Crippen molar-refractivity contribution in [1.29, 1.82) is 0 Å². The summed E-state index contributed by atoms with van der Waals surface area (Å²) in [4.78, 5) is 0. The van der Waals surface area contributed by atoms with Gasteiger partial charge in [-0.15, -0.1) is 0 Å². The van der Waals surface area contributed by atoms with Crippen molar-refractivity contribution in [2.24, 2.45) is 0 Å². The average Bonchev–Trinajstić information content (AvgIpc) is 1.88. The van der Waals surface area contributed by atoms with Gasteiger partial charge in [0, 0.05) is 13.2 Å². The van der Waals surface area contributed by atoms with Crippen molar-refractivity contribution in [3.05, 3.63) is 6.55 Å². The Bertz CT molecular complexity index is 53.0. The van der Waals surface area contributed by atoms with Crippen LogP contribution in [0, 0.1) is 6.55 Å². The predicted octanol–water partition coefficient (Wildman–Crippen LogP) is 0.303. The molecule has 0 aliphatic heterocycles. The molecule has 0 aliphatic carbocycles. The van der Waals surface area contributed by atoms with Gasteiger partial charge >= 0.3 is 0 Å². The van der Waals surface area contributed by atoms with Gasteiger partial charge in [-0.2, -0.15) is 0 Å². The molecule has 0 unspecified atom stereocenters. The summed E-state index contributed by atoms with van der Waals surface area (Å²) < 4.78 is 10.4. The van der Waals surface area contributed by atoms with Gasteiger partial charge in [0.1, 0.15) is 5.91 Å². The molecule has 0 N–H and O–H groups in total. The minimum atomic E-state index is -0.388. The lowest BCUT2D eigenvalue weighted by atomic mass is 10.9. The Balaban J connectivity index is 3.18. The first-order valence-electron chi connectivity index (χ1n) is 3.37. The lowest BCUT2D eigenvalue weighted by Crippen LogP contribution is -2.22. The van der Waals surface area contributed by atoms with Crippen molar-refractivity contribution in [2.75, 3.05) is 13.2 Å². The van der Waals surface area contributed by atoms with E-state index in [0.29, 0.717) is 0 Å². The molecule has 0 bridgehead atoms. The molecule has 3 heteroatoms. The van der Waals surface area contributed by atoms with Gasteiger partial charge in [-0.25, -0.2) is 0 Å². The van der Waals surface area contributed by atoms with E-state index >= 15 is 0 Å². The van der Waals surface area contributed by atoms with Crippen LogP contribution in [-0.2, 0) is 9.47 Å². The molecular weight excluding hydrogens is 132 g/mol. The maximum Gasteiger partial charge on any atom is 0.134 e. The Labute approximate surface area is 59.4 Å². The van der Waals surface area contributed by atoms with Crippen LogP contribution in [0.25, 0.3) is 0 Å². The second-order valence-electron chi connectivity index (χ2n) is 1.63. The van der Waals surface area contributed by atoms with E-state index in [1.165, 1.54) is 0 Å². The van der Waals surface area contributed by atoms with Crippen molar-refractivity contribution in [3.63, 3.8) is 0 Å². The van der Waals surface area contributed by atoms with Gasteiger partial charge in [0.25, 0.3) is 0 Å². The lowest BCUT2D eigenvalue weighted by Gasteiger charge is -2.13. The lowest BCUT2D eigenvalue weighted by molar-refractivity contribution is -0.0819. The van der Waals surface area contributed by atoms with Gasteiger partial charge in [-0.05, 0) is 13.8 Å². The molecule has 0 saturated carbocycles. The van der Waals surface area contributed by atoms with Crippen molar-refractivity contribution < 1.29 is 9.47 Å². The molecule has 0 aromatic carbocycles. The summed E-state index contributed by atoms with van der Waals surface area (Å²) in [6, 6.07) is 0. The van der Waals surface area contributed by atoms with E-state index in [9.17, 15) is 0 Å². The monoisotopic (exact) mass is 147 g/mol. The highest BCUT2D eigenvalue weighted by molar-refractivity contribution is 6.38. The fourth-order valence-corrected chi connectivity index (χ4v) is 1.39. The summed E-state index contributed by atoms with van der Waals surface area (Å²) in [6.45, 7) is 9.21. The zero-order valence-corrected chi connectivity index (χ0v) is 7.64. The van der Waals surface area contributed by atoms with Gasteiger partial charge in [-0.3, -0.25) is 0 Å². The molecule has 0 rings (SSSR count). The Hall–Kier alpha value is 0.137. The molecule has 55 valence electrons. The molecule has 0 heterocycles. The maximum absolute atomic E-state index is 5.21. The second-order valence-corrected chi connectivity index (χ2v) is 2.87. The van der Waals surface area contributed by atoms with Crippen LogP contribution < -0.4 is 0 Å². The highest BCUT2D eigenvalue weighted by Gasteiger charge is 2.02. The standard InChI is InChI=1S/C6H15O2Si/c1-4-7-6(9-3)8-5-2/h6H,3-5,9H2,1-2H3. The van der Waals surface area contributed by atoms with Crippen LogP contribution in [0.4, 0.5) is 0 Å². The molecule has 0 aromatic heterocycles. The fourth-order valence-electron chi connectivity index (χ4n) is 0.587. The van der Waals surface area contributed by atoms with Crippen LogP contribution >= 0.6 is 0 Å². The molecule has 2 nitrogen and oxygen atoms in total. The Kier molecular flexibility index (Phi) is 6.35. The van der Waals surface area contributed by atoms with Crippen molar-refractivity contribution in [3.8, 4) is 0 Å². The third kappa shape index (κ3) is 4.63. The zero-order valence-electron chi connectivity index (χ0n) is 6.22. The van der Waals surface area contributed by atoms with Gasteiger partial charge in [0.05, 0.1) is 9.52 Å². The quantitative estimate of drug-likeness (QED) is 0.411. The van der Waals surface area contributed by atoms with Crippen LogP contribution in [-0.4, -0.2) is 28.6 Å². The van der Waals surface area contributed by atoms with E-state index in [4.69, 9.17) is 9.47 Å². The summed E-state index contributed by atoms with van der Waals surface area (Å²) in [5.41, 5.74) is 0. The molecular formula is C6H15O2Si. The van der Waals surface area contributed by atoms with Crippen molar-refractivity contribution in [1.82, 2.24) is 0 Å². The Morgan fingerprint density at radius 1 is 1.33 bits per heavy atom. The number of rotatable bonds is 5. The first kappa shape index (κ1) is 9.14. The number of hydrogen-bond donors (Lipinski definition) is 0. The summed E-state index contributed by atoms with van der Waals surface area (Å²) in [6.07, 6.45) is 0. The summed E-state index contributed by atoms with van der Waals surface area (Å²) in [5, 5.41) is 0. The van der Waals surface area contributed by atoms with E-state index in [1.54, 1.807) is 0 Å². The van der Waals surface area contributed by atoms with E-state index in [-0.39, 0.29) is 15.4 Å². The topological polar surface area (TPSA) is 18.5 Å². The Morgan fingerprint density at radius 3 is 2.00 bits per heavy atom. The largest absolute Gasteiger partial charge is 0.357 e. The smallest absolute Gasteiger partial charge is 0.134 e. The van der Waals surface area contributed by atoms with Crippen LogP contribution in [0.5, 0.6) is 0 Å². The highest BCUT2D eigenvalue weighted by Crippen LogP contribution is 1.90. The first-order chi connectivity index (χ1) is 4.35.